The standard InChI is InChI=1S/C17H15FN2O2/c18-16-11-15(20-9-8-19)7-6-14(16)10-17(21)22-12-13-4-2-1-3-5-13/h1-7,11,20H,9-10,12H2. The molecule has 0 bridgehead atoms. The molecule has 2 rings (SSSR count). The number of nitrogens with one attached hydrogen (secondary N) is 1. The molecule has 0 aliphatic carbocycles. The number of anilines is 1. The normalized spacial score (nSPS) is 9.82. The summed E-state index contributed by atoms with van der Waals surface area (Å²) in [6.45, 7) is 0.265. The van der Waals surface area contributed by atoms with Crippen molar-refractivity contribution < 1.29 is 13.9 Å². The molecule has 0 fully saturated rings. The van der Waals surface area contributed by atoms with Gasteiger partial charge in [-0.1, -0.05) is 36.4 Å². The van der Waals surface area contributed by atoms with Gasteiger partial charge < -0.3 is 10.1 Å². The Morgan fingerprint density at radius 2 is 2.00 bits per heavy atom. The lowest BCUT2D eigenvalue weighted by atomic mass is 10.1. The van der Waals surface area contributed by atoms with Gasteiger partial charge in [-0.3, -0.25) is 4.79 Å². The van der Waals surface area contributed by atoms with Crippen LogP contribution in [0, 0.1) is 17.1 Å². The molecule has 0 saturated carbocycles. The van der Waals surface area contributed by atoms with Crippen LogP contribution >= 0.6 is 0 Å². The smallest absolute Gasteiger partial charge is 0.310 e. The van der Waals surface area contributed by atoms with Crippen LogP contribution in [0.25, 0.3) is 0 Å². The molecule has 0 heterocycles. The first-order chi connectivity index (χ1) is 10.7. The van der Waals surface area contributed by atoms with Gasteiger partial charge in [0.2, 0.25) is 0 Å². The maximum atomic E-state index is 13.9. The van der Waals surface area contributed by atoms with E-state index in [2.05, 4.69) is 5.32 Å². The number of nitriles is 1. The van der Waals surface area contributed by atoms with Crippen LogP contribution in [0.2, 0.25) is 0 Å². The van der Waals surface area contributed by atoms with E-state index in [1.54, 1.807) is 6.07 Å². The van der Waals surface area contributed by atoms with E-state index in [1.165, 1.54) is 12.1 Å². The Kier molecular flexibility index (Phi) is 5.50. The van der Waals surface area contributed by atoms with E-state index in [-0.39, 0.29) is 25.1 Å². The maximum Gasteiger partial charge on any atom is 0.310 e. The second kappa shape index (κ2) is 7.79. The van der Waals surface area contributed by atoms with Crippen molar-refractivity contribution in [2.45, 2.75) is 13.0 Å². The minimum Gasteiger partial charge on any atom is -0.461 e. The van der Waals surface area contributed by atoms with Crippen molar-refractivity contribution >= 4 is 11.7 Å². The minimum absolute atomic E-state index is 0.0951. The summed E-state index contributed by atoms with van der Waals surface area (Å²) in [6.07, 6.45) is -0.128. The predicted molar refractivity (Wildman–Crippen MR) is 80.4 cm³/mol. The number of halogens is 1. The van der Waals surface area contributed by atoms with Gasteiger partial charge in [0.25, 0.3) is 0 Å². The molecule has 0 unspecified atom stereocenters. The summed E-state index contributed by atoms with van der Waals surface area (Å²) in [4.78, 5) is 11.7. The van der Waals surface area contributed by atoms with E-state index in [0.717, 1.165) is 5.56 Å². The molecular formula is C17H15FN2O2. The van der Waals surface area contributed by atoms with Gasteiger partial charge in [0.05, 0.1) is 12.5 Å². The first-order valence-electron chi connectivity index (χ1n) is 6.78. The van der Waals surface area contributed by atoms with Gasteiger partial charge in [0, 0.05) is 5.69 Å². The Bertz CT molecular complexity index is 681. The number of rotatable bonds is 6. The van der Waals surface area contributed by atoms with Crippen molar-refractivity contribution in [2.24, 2.45) is 0 Å². The Labute approximate surface area is 128 Å². The lowest BCUT2D eigenvalue weighted by Gasteiger charge is -2.07. The van der Waals surface area contributed by atoms with E-state index < -0.39 is 11.8 Å². The van der Waals surface area contributed by atoms with E-state index >= 15 is 0 Å². The van der Waals surface area contributed by atoms with Crippen LogP contribution in [0.15, 0.2) is 48.5 Å². The van der Waals surface area contributed by atoms with Crippen molar-refractivity contribution in [3.63, 3.8) is 0 Å². The lowest BCUT2D eigenvalue weighted by molar-refractivity contribution is -0.144. The zero-order valence-corrected chi connectivity index (χ0v) is 11.9. The topological polar surface area (TPSA) is 62.1 Å². The molecule has 0 aliphatic heterocycles. The van der Waals surface area contributed by atoms with Gasteiger partial charge in [-0.25, -0.2) is 4.39 Å². The quantitative estimate of drug-likeness (QED) is 0.657. The number of ether oxygens (including phenoxy) is 1. The number of hydrogen-bond acceptors (Lipinski definition) is 4. The van der Waals surface area contributed by atoms with Gasteiger partial charge in [-0.15, -0.1) is 0 Å². The molecule has 2 aromatic carbocycles. The molecule has 0 atom stereocenters. The highest BCUT2D eigenvalue weighted by molar-refractivity contribution is 5.73. The molecule has 5 heteroatoms. The number of carbonyl (C=O) groups is 1. The first-order valence-corrected chi connectivity index (χ1v) is 6.78. The molecule has 22 heavy (non-hydrogen) atoms. The molecular weight excluding hydrogens is 283 g/mol. The van der Waals surface area contributed by atoms with Crippen LogP contribution in [-0.2, 0) is 22.6 Å². The summed E-state index contributed by atoms with van der Waals surface area (Å²) in [5.41, 5.74) is 1.65. The summed E-state index contributed by atoms with van der Waals surface area (Å²) < 4.78 is 19.0. The number of hydrogen-bond donors (Lipinski definition) is 1. The van der Waals surface area contributed by atoms with Crippen molar-refractivity contribution in [2.75, 3.05) is 11.9 Å². The zero-order chi connectivity index (χ0) is 15.8. The molecule has 1 N–H and O–H groups in total. The van der Waals surface area contributed by atoms with Crippen LogP contribution in [-0.4, -0.2) is 12.5 Å². The molecule has 0 radical (unpaired) electrons. The molecule has 2 aromatic rings. The average Bonchev–Trinajstić information content (AvgIpc) is 2.54. The Morgan fingerprint density at radius 3 is 2.68 bits per heavy atom. The Hall–Kier alpha value is -2.87. The fraction of sp³-hybridized carbons (Fsp3) is 0.176. The highest BCUT2D eigenvalue weighted by atomic mass is 19.1. The van der Waals surface area contributed by atoms with E-state index in [4.69, 9.17) is 10.00 Å². The molecule has 0 saturated heterocycles. The summed E-state index contributed by atoms with van der Waals surface area (Å²) in [7, 11) is 0. The van der Waals surface area contributed by atoms with Gasteiger partial charge in [-0.2, -0.15) is 5.26 Å². The molecule has 4 nitrogen and oxygen atoms in total. The maximum absolute atomic E-state index is 13.9. The fourth-order valence-corrected chi connectivity index (χ4v) is 1.89. The van der Waals surface area contributed by atoms with Crippen LogP contribution in [0.4, 0.5) is 10.1 Å². The van der Waals surface area contributed by atoms with Crippen molar-refractivity contribution in [3.05, 3.63) is 65.5 Å². The second-order valence-corrected chi connectivity index (χ2v) is 4.64. The molecule has 0 amide bonds. The van der Waals surface area contributed by atoms with Gasteiger partial charge in [-0.05, 0) is 23.3 Å². The van der Waals surface area contributed by atoms with Crippen molar-refractivity contribution in [3.8, 4) is 6.07 Å². The highest BCUT2D eigenvalue weighted by Crippen LogP contribution is 2.15. The molecule has 112 valence electrons. The van der Waals surface area contributed by atoms with E-state index in [9.17, 15) is 9.18 Å². The number of esters is 1. The monoisotopic (exact) mass is 298 g/mol. The lowest BCUT2D eigenvalue weighted by Crippen LogP contribution is -2.09. The van der Waals surface area contributed by atoms with E-state index in [1.807, 2.05) is 36.4 Å². The zero-order valence-electron chi connectivity index (χ0n) is 11.9. The van der Waals surface area contributed by atoms with Gasteiger partial charge in [0.15, 0.2) is 0 Å². The number of nitrogens with zero attached hydrogens (tertiary/aromatic N) is 1. The minimum atomic E-state index is -0.500. The van der Waals surface area contributed by atoms with Crippen LogP contribution in [0.3, 0.4) is 0 Å². The Morgan fingerprint density at radius 1 is 1.23 bits per heavy atom. The van der Waals surface area contributed by atoms with Crippen LogP contribution in [0.5, 0.6) is 0 Å². The van der Waals surface area contributed by atoms with Crippen LogP contribution < -0.4 is 5.32 Å². The summed E-state index contributed by atoms with van der Waals surface area (Å²) in [5.74, 6) is -0.986. The fourth-order valence-electron chi connectivity index (χ4n) is 1.89. The Balaban J connectivity index is 1.90. The predicted octanol–water partition coefficient (Wildman–Crippen LogP) is 3.05. The molecule has 0 aromatic heterocycles. The molecule has 0 spiro atoms. The first kappa shape index (κ1) is 15.5. The highest BCUT2D eigenvalue weighted by Gasteiger charge is 2.10. The molecule has 0 aliphatic rings. The number of benzene rings is 2. The van der Waals surface area contributed by atoms with E-state index in [0.29, 0.717) is 5.69 Å². The SMILES string of the molecule is N#CCNc1ccc(CC(=O)OCc2ccccc2)c(F)c1. The third-order valence-corrected chi connectivity index (χ3v) is 3.00. The summed E-state index contributed by atoms with van der Waals surface area (Å²) in [5, 5.41) is 11.2. The summed E-state index contributed by atoms with van der Waals surface area (Å²) in [6, 6.07) is 15.6. The average molecular weight is 298 g/mol. The number of carbonyl (C=O) groups excluding carboxylic acids is 1. The third-order valence-electron chi connectivity index (χ3n) is 3.00. The van der Waals surface area contributed by atoms with Crippen molar-refractivity contribution in [1.82, 2.24) is 0 Å². The summed E-state index contributed by atoms with van der Waals surface area (Å²) >= 11 is 0. The largest absolute Gasteiger partial charge is 0.461 e. The van der Waals surface area contributed by atoms with Gasteiger partial charge in [0.1, 0.15) is 19.0 Å². The van der Waals surface area contributed by atoms with Crippen LogP contribution in [0.1, 0.15) is 11.1 Å². The van der Waals surface area contributed by atoms with Crippen molar-refractivity contribution in [1.29, 1.82) is 5.26 Å². The second-order valence-electron chi connectivity index (χ2n) is 4.64. The third kappa shape index (κ3) is 4.60. The van der Waals surface area contributed by atoms with Gasteiger partial charge >= 0.3 is 5.97 Å².